The molecule has 6 nitrogen and oxygen atoms in total. The lowest BCUT2D eigenvalue weighted by Gasteiger charge is -2.26. The van der Waals surface area contributed by atoms with Crippen LogP contribution in [0.15, 0.2) is 18.5 Å². The third-order valence-electron chi connectivity index (χ3n) is 3.23. The van der Waals surface area contributed by atoms with Gasteiger partial charge in [-0.15, -0.1) is 0 Å². The van der Waals surface area contributed by atoms with E-state index in [1.54, 1.807) is 10.9 Å². The monoisotopic (exact) mass is 259 g/mol. The Bertz CT molecular complexity index is 574. The molecule has 0 unspecified atom stereocenters. The maximum Gasteiger partial charge on any atom is 0.226 e. The Hall–Kier alpha value is -1.95. The minimum atomic E-state index is 0.736. The second kappa shape index (κ2) is 4.97. The van der Waals surface area contributed by atoms with Crippen LogP contribution >= 0.6 is 0 Å². The van der Waals surface area contributed by atoms with Crippen molar-refractivity contribution >= 4 is 5.95 Å². The zero-order chi connectivity index (χ0) is 13.2. The smallest absolute Gasteiger partial charge is 0.226 e. The molecule has 19 heavy (non-hydrogen) atoms. The van der Waals surface area contributed by atoms with Crippen molar-refractivity contribution in [2.24, 2.45) is 7.05 Å². The fourth-order valence-corrected chi connectivity index (χ4v) is 2.27. The quantitative estimate of drug-likeness (QED) is 0.806. The molecule has 3 rings (SSSR count). The Morgan fingerprint density at radius 1 is 1.26 bits per heavy atom. The summed E-state index contributed by atoms with van der Waals surface area (Å²) in [6.45, 7) is 5.15. The first-order valence-corrected chi connectivity index (χ1v) is 6.40. The summed E-state index contributed by atoms with van der Waals surface area (Å²) < 4.78 is 7.15. The molecule has 0 amide bonds. The highest BCUT2D eigenvalue weighted by molar-refractivity contribution is 5.61. The lowest BCUT2D eigenvalue weighted by Crippen LogP contribution is -2.37. The van der Waals surface area contributed by atoms with E-state index in [0.717, 1.165) is 49.2 Å². The fraction of sp³-hybridized carbons (Fsp3) is 0.462. The van der Waals surface area contributed by atoms with Gasteiger partial charge in [-0.3, -0.25) is 4.68 Å². The lowest BCUT2D eigenvalue weighted by molar-refractivity contribution is 0.122. The Morgan fingerprint density at radius 3 is 2.74 bits per heavy atom. The molecule has 6 heteroatoms. The average molecular weight is 259 g/mol. The summed E-state index contributed by atoms with van der Waals surface area (Å²) in [5.41, 5.74) is 2.95. The zero-order valence-electron chi connectivity index (χ0n) is 11.2. The van der Waals surface area contributed by atoms with Gasteiger partial charge in [0, 0.05) is 38.1 Å². The van der Waals surface area contributed by atoms with Crippen LogP contribution < -0.4 is 4.90 Å². The van der Waals surface area contributed by atoms with Crippen LogP contribution in [-0.4, -0.2) is 46.1 Å². The lowest BCUT2D eigenvalue weighted by atomic mass is 10.2. The first kappa shape index (κ1) is 12.1. The van der Waals surface area contributed by atoms with E-state index in [9.17, 15) is 0 Å². The van der Waals surface area contributed by atoms with Crippen molar-refractivity contribution in [1.29, 1.82) is 0 Å². The molecule has 1 saturated heterocycles. The number of nitrogens with zero attached hydrogens (tertiary/aromatic N) is 5. The Balaban J connectivity index is 1.93. The van der Waals surface area contributed by atoms with E-state index in [-0.39, 0.29) is 0 Å². The molecule has 0 spiro atoms. The van der Waals surface area contributed by atoms with Gasteiger partial charge >= 0.3 is 0 Å². The van der Waals surface area contributed by atoms with Gasteiger partial charge in [0.2, 0.25) is 5.95 Å². The van der Waals surface area contributed by atoms with Crippen molar-refractivity contribution < 1.29 is 4.74 Å². The van der Waals surface area contributed by atoms with Crippen LogP contribution in [0.5, 0.6) is 0 Å². The van der Waals surface area contributed by atoms with E-state index in [4.69, 9.17) is 4.74 Å². The number of aryl methyl sites for hydroxylation is 2. The molecule has 3 heterocycles. The molecule has 2 aromatic heterocycles. The summed E-state index contributed by atoms with van der Waals surface area (Å²) in [4.78, 5) is 11.2. The Kier molecular flexibility index (Phi) is 3.16. The number of ether oxygens (including phenoxy) is 1. The summed E-state index contributed by atoms with van der Waals surface area (Å²) >= 11 is 0. The largest absolute Gasteiger partial charge is 0.378 e. The molecular formula is C13H17N5O. The van der Waals surface area contributed by atoms with Crippen LogP contribution in [0.1, 0.15) is 5.69 Å². The second-order valence-corrected chi connectivity index (χ2v) is 4.64. The maximum absolute atomic E-state index is 5.35. The number of hydrogen-bond donors (Lipinski definition) is 0. The van der Waals surface area contributed by atoms with Crippen LogP contribution in [0.3, 0.4) is 0 Å². The molecule has 100 valence electrons. The van der Waals surface area contributed by atoms with E-state index in [2.05, 4.69) is 20.0 Å². The molecule has 2 aromatic rings. The van der Waals surface area contributed by atoms with E-state index in [1.807, 2.05) is 26.2 Å². The molecule has 0 saturated carbocycles. The maximum atomic E-state index is 5.35. The van der Waals surface area contributed by atoms with Gasteiger partial charge in [0.1, 0.15) is 0 Å². The predicted octanol–water partition coefficient (Wildman–Crippen LogP) is 1.02. The zero-order valence-corrected chi connectivity index (χ0v) is 11.2. The van der Waals surface area contributed by atoms with E-state index >= 15 is 0 Å². The molecule has 0 aromatic carbocycles. The molecular weight excluding hydrogens is 242 g/mol. The first-order valence-electron chi connectivity index (χ1n) is 6.40. The summed E-state index contributed by atoms with van der Waals surface area (Å²) in [6.07, 6.45) is 3.79. The molecule has 0 N–H and O–H groups in total. The van der Waals surface area contributed by atoms with E-state index < -0.39 is 0 Å². The molecule has 0 atom stereocenters. The second-order valence-electron chi connectivity index (χ2n) is 4.64. The van der Waals surface area contributed by atoms with Gasteiger partial charge in [0.25, 0.3) is 0 Å². The molecule has 1 aliphatic heterocycles. The number of morpholine rings is 1. The van der Waals surface area contributed by atoms with Gasteiger partial charge in [-0.05, 0) is 13.0 Å². The van der Waals surface area contributed by atoms with Gasteiger partial charge in [-0.25, -0.2) is 9.97 Å². The minimum absolute atomic E-state index is 0.736. The Morgan fingerprint density at radius 2 is 2.05 bits per heavy atom. The van der Waals surface area contributed by atoms with Gasteiger partial charge in [-0.2, -0.15) is 5.10 Å². The molecule has 0 aliphatic carbocycles. The number of anilines is 1. The van der Waals surface area contributed by atoms with Crippen LogP contribution in [0.25, 0.3) is 11.3 Å². The highest BCUT2D eigenvalue weighted by Crippen LogP contribution is 2.21. The van der Waals surface area contributed by atoms with Crippen molar-refractivity contribution in [3.63, 3.8) is 0 Å². The Labute approximate surface area is 112 Å². The first-order chi connectivity index (χ1) is 9.24. The van der Waals surface area contributed by atoms with Gasteiger partial charge in [0.05, 0.1) is 24.6 Å². The summed E-state index contributed by atoms with van der Waals surface area (Å²) in [6, 6.07) is 1.92. The van der Waals surface area contributed by atoms with Crippen LogP contribution in [-0.2, 0) is 11.8 Å². The van der Waals surface area contributed by atoms with Crippen LogP contribution in [0.2, 0.25) is 0 Å². The fourth-order valence-electron chi connectivity index (χ4n) is 2.27. The van der Waals surface area contributed by atoms with Crippen molar-refractivity contribution in [1.82, 2.24) is 19.7 Å². The third kappa shape index (κ3) is 2.44. The molecule has 0 radical (unpaired) electrons. The van der Waals surface area contributed by atoms with E-state index in [0.29, 0.717) is 0 Å². The van der Waals surface area contributed by atoms with Crippen LogP contribution in [0, 0.1) is 6.92 Å². The molecule has 1 aliphatic rings. The van der Waals surface area contributed by atoms with Gasteiger partial charge in [-0.1, -0.05) is 0 Å². The van der Waals surface area contributed by atoms with Gasteiger partial charge < -0.3 is 9.64 Å². The topological polar surface area (TPSA) is 56.1 Å². The summed E-state index contributed by atoms with van der Waals surface area (Å²) in [7, 11) is 1.92. The highest BCUT2D eigenvalue weighted by atomic mass is 16.5. The van der Waals surface area contributed by atoms with Gasteiger partial charge in [0.15, 0.2) is 0 Å². The highest BCUT2D eigenvalue weighted by Gasteiger charge is 2.15. The normalized spacial score (nSPS) is 15.8. The number of aromatic nitrogens is 4. The summed E-state index contributed by atoms with van der Waals surface area (Å²) in [5.74, 6) is 0.768. The van der Waals surface area contributed by atoms with Crippen molar-refractivity contribution in [2.75, 3.05) is 31.2 Å². The van der Waals surface area contributed by atoms with Crippen molar-refractivity contribution in [2.45, 2.75) is 6.92 Å². The third-order valence-corrected chi connectivity index (χ3v) is 3.23. The van der Waals surface area contributed by atoms with E-state index in [1.165, 1.54) is 0 Å². The SMILES string of the molecule is Cc1nn(C)cc1-c1ccnc(N2CCOCC2)n1. The van der Waals surface area contributed by atoms with Crippen molar-refractivity contribution in [3.05, 3.63) is 24.2 Å². The number of rotatable bonds is 2. The minimum Gasteiger partial charge on any atom is -0.378 e. The standard InChI is InChI=1S/C13H17N5O/c1-10-11(9-17(2)16-10)12-3-4-14-13(15-12)18-5-7-19-8-6-18/h3-4,9H,5-8H2,1-2H3. The summed E-state index contributed by atoms with van der Waals surface area (Å²) in [5, 5.41) is 4.35. The van der Waals surface area contributed by atoms with Crippen LogP contribution in [0.4, 0.5) is 5.95 Å². The average Bonchev–Trinajstić information content (AvgIpc) is 2.79. The van der Waals surface area contributed by atoms with Crippen molar-refractivity contribution in [3.8, 4) is 11.3 Å². The molecule has 0 bridgehead atoms. The molecule has 1 fully saturated rings. The predicted molar refractivity (Wildman–Crippen MR) is 72.0 cm³/mol. The number of hydrogen-bond acceptors (Lipinski definition) is 5.